The van der Waals surface area contributed by atoms with E-state index in [0.717, 1.165) is 17.9 Å². The molecule has 1 aliphatic rings. The molecule has 1 rings (SSSR count). The van der Waals surface area contributed by atoms with Crippen LogP contribution in [0, 0.1) is 22.0 Å². The summed E-state index contributed by atoms with van der Waals surface area (Å²) in [6.07, 6.45) is 2.94. The quantitative estimate of drug-likeness (QED) is 0.520. The van der Waals surface area contributed by atoms with Crippen molar-refractivity contribution < 1.29 is 4.92 Å². The van der Waals surface area contributed by atoms with E-state index in [9.17, 15) is 10.1 Å². The van der Waals surface area contributed by atoms with Gasteiger partial charge in [0.05, 0.1) is 4.92 Å². The van der Waals surface area contributed by atoms with Crippen molar-refractivity contribution in [2.24, 2.45) is 11.8 Å². The second-order valence-corrected chi connectivity index (χ2v) is 4.78. The lowest BCUT2D eigenvalue weighted by molar-refractivity contribution is -0.433. The van der Waals surface area contributed by atoms with E-state index in [1.54, 1.807) is 0 Å². The summed E-state index contributed by atoms with van der Waals surface area (Å²) >= 11 is 1.88. The number of nitrogens with zero attached hydrogens (tertiary/aromatic N) is 1. The molecule has 0 radical (unpaired) electrons. The Morgan fingerprint density at radius 2 is 2.38 bits per heavy atom. The Morgan fingerprint density at radius 3 is 2.77 bits per heavy atom. The molecule has 3 nitrogen and oxygen atoms in total. The first-order valence-electron chi connectivity index (χ1n) is 4.55. The normalized spacial score (nSPS) is 23.9. The van der Waals surface area contributed by atoms with Crippen molar-refractivity contribution >= 4 is 11.8 Å². The van der Waals surface area contributed by atoms with Gasteiger partial charge in [-0.15, -0.1) is 0 Å². The topological polar surface area (TPSA) is 43.1 Å². The number of hydrogen-bond acceptors (Lipinski definition) is 3. The van der Waals surface area contributed by atoms with Gasteiger partial charge in [-0.05, 0) is 29.9 Å². The van der Waals surface area contributed by atoms with E-state index in [0.29, 0.717) is 11.6 Å². The molecule has 13 heavy (non-hydrogen) atoms. The van der Waals surface area contributed by atoms with E-state index < -0.39 is 0 Å². The molecule has 1 atom stereocenters. The smallest absolute Gasteiger partial charge is 0.245 e. The highest BCUT2D eigenvalue weighted by Gasteiger charge is 2.21. The van der Waals surface area contributed by atoms with Gasteiger partial charge in [0.15, 0.2) is 0 Å². The predicted octanol–water partition coefficient (Wildman–Crippen LogP) is 2.56. The van der Waals surface area contributed by atoms with Gasteiger partial charge in [0, 0.05) is 5.92 Å². The van der Waals surface area contributed by atoms with E-state index >= 15 is 0 Å². The summed E-state index contributed by atoms with van der Waals surface area (Å²) in [6.45, 7) is 3.74. The fourth-order valence-corrected chi connectivity index (χ4v) is 2.59. The molecule has 0 aromatic rings. The zero-order valence-corrected chi connectivity index (χ0v) is 8.84. The molecule has 0 aromatic carbocycles. The molecule has 1 fully saturated rings. The molecule has 0 aromatic heterocycles. The highest BCUT2D eigenvalue weighted by molar-refractivity contribution is 7.99. The molecule has 0 bridgehead atoms. The van der Waals surface area contributed by atoms with Crippen LogP contribution in [0.5, 0.6) is 0 Å². The van der Waals surface area contributed by atoms with Gasteiger partial charge >= 0.3 is 0 Å². The molecular weight excluding hydrogens is 186 g/mol. The Balaban J connectivity index is 2.67. The third-order valence-corrected chi connectivity index (χ3v) is 3.36. The molecule has 1 heterocycles. The first kappa shape index (κ1) is 10.6. The van der Waals surface area contributed by atoms with Crippen molar-refractivity contribution in [3.8, 4) is 0 Å². The fraction of sp³-hybridized carbons (Fsp3) is 0.778. The second kappa shape index (κ2) is 4.65. The fourth-order valence-electron chi connectivity index (χ4n) is 1.39. The van der Waals surface area contributed by atoms with Crippen molar-refractivity contribution in [1.82, 2.24) is 0 Å². The van der Waals surface area contributed by atoms with E-state index in [4.69, 9.17) is 0 Å². The Bertz CT molecular complexity index is 220. The van der Waals surface area contributed by atoms with Crippen molar-refractivity contribution in [2.75, 3.05) is 11.5 Å². The highest BCUT2D eigenvalue weighted by atomic mass is 32.2. The number of allylic oxidation sites excluding steroid dienone is 2. The third kappa shape index (κ3) is 3.03. The van der Waals surface area contributed by atoms with Crippen LogP contribution in [0.1, 0.15) is 20.3 Å². The lowest BCUT2D eigenvalue weighted by atomic mass is 10.0. The number of nitro groups is 1. The lowest BCUT2D eigenvalue weighted by Gasteiger charge is -2.04. The van der Waals surface area contributed by atoms with Gasteiger partial charge in [0.1, 0.15) is 0 Å². The van der Waals surface area contributed by atoms with Crippen molar-refractivity contribution in [3.63, 3.8) is 0 Å². The molecule has 0 aliphatic carbocycles. The van der Waals surface area contributed by atoms with Gasteiger partial charge in [-0.2, -0.15) is 11.8 Å². The van der Waals surface area contributed by atoms with Gasteiger partial charge in [-0.3, -0.25) is 10.1 Å². The first-order chi connectivity index (χ1) is 6.11. The number of thioether (sulfide) groups is 1. The molecule has 0 N–H and O–H groups in total. The van der Waals surface area contributed by atoms with Crippen molar-refractivity contribution in [3.05, 3.63) is 21.9 Å². The molecule has 1 saturated heterocycles. The average Bonchev–Trinajstić information content (AvgIpc) is 2.50. The monoisotopic (exact) mass is 201 g/mol. The average molecular weight is 201 g/mol. The van der Waals surface area contributed by atoms with Crippen molar-refractivity contribution in [2.45, 2.75) is 20.3 Å². The van der Waals surface area contributed by atoms with Gasteiger partial charge in [0.2, 0.25) is 5.70 Å². The van der Waals surface area contributed by atoms with Gasteiger partial charge < -0.3 is 0 Å². The SMILES string of the molecule is CC(C)C(=CC1CCSC1)[N+](=O)[O-]. The molecule has 4 heteroatoms. The summed E-state index contributed by atoms with van der Waals surface area (Å²) in [6, 6.07) is 0. The van der Waals surface area contributed by atoms with Gasteiger partial charge in [-0.1, -0.05) is 13.8 Å². The number of hydrogen-bond donors (Lipinski definition) is 0. The van der Waals surface area contributed by atoms with Crippen LogP contribution in [0.2, 0.25) is 0 Å². The van der Waals surface area contributed by atoms with Crippen LogP contribution in [-0.2, 0) is 0 Å². The maximum Gasteiger partial charge on any atom is 0.245 e. The molecule has 0 saturated carbocycles. The highest BCUT2D eigenvalue weighted by Crippen LogP contribution is 2.26. The first-order valence-corrected chi connectivity index (χ1v) is 5.70. The molecule has 0 amide bonds. The van der Waals surface area contributed by atoms with E-state index in [-0.39, 0.29) is 10.8 Å². The van der Waals surface area contributed by atoms with Crippen LogP contribution < -0.4 is 0 Å². The summed E-state index contributed by atoms with van der Waals surface area (Å²) in [4.78, 5) is 10.4. The van der Waals surface area contributed by atoms with Crippen LogP contribution in [0.15, 0.2) is 11.8 Å². The summed E-state index contributed by atoms with van der Waals surface area (Å²) < 4.78 is 0. The lowest BCUT2D eigenvalue weighted by Crippen LogP contribution is -2.08. The van der Waals surface area contributed by atoms with Crippen LogP contribution in [-0.4, -0.2) is 16.4 Å². The molecule has 74 valence electrons. The minimum atomic E-state index is -0.242. The maximum atomic E-state index is 10.7. The summed E-state index contributed by atoms with van der Waals surface area (Å²) in [5, 5.41) is 10.7. The second-order valence-electron chi connectivity index (χ2n) is 3.63. The van der Waals surface area contributed by atoms with Crippen LogP contribution in [0.3, 0.4) is 0 Å². The largest absolute Gasteiger partial charge is 0.259 e. The molecule has 1 unspecified atom stereocenters. The van der Waals surface area contributed by atoms with Crippen LogP contribution >= 0.6 is 11.8 Å². The van der Waals surface area contributed by atoms with Crippen LogP contribution in [0.25, 0.3) is 0 Å². The minimum absolute atomic E-state index is 0.0283. The van der Waals surface area contributed by atoms with Crippen molar-refractivity contribution in [1.29, 1.82) is 0 Å². The zero-order chi connectivity index (χ0) is 9.84. The summed E-state index contributed by atoms with van der Waals surface area (Å²) in [5.74, 6) is 2.64. The van der Waals surface area contributed by atoms with E-state index in [2.05, 4.69) is 0 Å². The standard InChI is InChI=1S/C9H15NO2S/c1-7(2)9(10(11)12)5-8-3-4-13-6-8/h5,7-8H,3-4,6H2,1-2H3. The summed E-state index contributed by atoms with van der Waals surface area (Å²) in [7, 11) is 0. The Morgan fingerprint density at radius 1 is 1.69 bits per heavy atom. The molecule has 1 aliphatic heterocycles. The van der Waals surface area contributed by atoms with E-state index in [1.807, 2.05) is 31.7 Å². The number of rotatable bonds is 3. The molecule has 0 spiro atoms. The zero-order valence-electron chi connectivity index (χ0n) is 8.03. The predicted molar refractivity (Wildman–Crippen MR) is 55.3 cm³/mol. The Hall–Kier alpha value is -0.510. The van der Waals surface area contributed by atoms with E-state index in [1.165, 1.54) is 0 Å². The van der Waals surface area contributed by atoms with Gasteiger partial charge in [0.25, 0.3) is 0 Å². The summed E-state index contributed by atoms with van der Waals surface area (Å²) in [5.41, 5.74) is 0.382. The molecular formula is C9H15NO2S. The van der Waals surface area contributed by atoms with Crippen LogP contribution in [0.4, 0.5) is 0 Å². The Kier molecular flexibility index (Phi) is 3.78. The third-order valence-electron chi connectivity index (χ3n) is 2.17. The van der Waals surface area contributed by atoms with Gasteiger partial charge in [-0.25, -0.2) is 0 Å². The maximum absolute atomic E-state index is 10.7. The Labute approximate surface area is 82.7 Å². The minimum Gasteiger partial charge on any atom is -0.259 e.